The molecule has 0 saturated carbocycles. The molecular weight excluding hydrogens is 184 g/mol. The van der Waals surface area contributed by atoms with Gasteiger partial charge in [0.05, 0.1) is 5.60 Å². The Morgan fingerprint density at radius 1 is 1.36 bits per heavy atom. The molecule has 0 spiro atoms. The van der Waals surface area contributed by atoms with E-state index >= 15 is 0 Å². The van der Waals surface area contributed by atoms with E-state index < -0.39 is 6.10 Å². The highest BCUT2D eigenvalue weighted by Gasteiger charge is 2.21. The average molecular weight is 200 g/mol. The van der Waals surface area contributed by atoms with E-state index in [-0.39, 0.29) is 18.2 Å². The fourth-order valence-electron chi connectivity index (χ4n) is 0.897. The van der Waals surface area contributed by atoms with Crippen LogP contribution in [0.15, 0.2) is 23.7 Å². The van der Waals surface area contributed by atoms with Crippen molar-refractivity contribution in [2.45, 2.75) is 32.5 Å². The van der Waals surface area contributed by atoms with Crippen molar-refractivity contribution in [2.24, 2.45) is 0 Å². The maximum atomic E-state index is 9.32. The standard InChI is InChI=1S/C10H16O4/c1-10(2,3)14-6-13-8-5-4-7(11)9(8)12/h4-5,9,11-12H,6H2,1-3H3. The Morgan fingerprint density at radius 2 is 2.00 bits per heavy atom. The van der Waals surface area contributed by atoms with Crippen molar-refractivity contribution < 1.29 is 19.7 Å². The van der Waals surface area contributed by atoms with E-state index in [1.807, 2.05) is 20.8 Å². The van der Waals surface area contributed by atoms with Crippen LogP contribution in [-0.4, -0.2) is 28.7 Å². The summed E-state index contributed by atoms with van der Waals surface area (Å²) in [4.78, 5) is 0. The minimum atomic E-state index is -1.04. The molecule has 1 aliphatic rings. The molecule has 0 radical (unpaired) electrons. The second-order valence-electron chi connectivity index (χ2n) is 4.08. The molecule has 1 rings (SSSR count). The van der Waals surface area contributed by atoms with Crippen molar-refractivity contribution in [1.29, 1.82) is 0 Å². The van der Waals surface area contributed by atoms with Crippen LogP contribution in [0.3, 0.4) is 0 Å². The molecule has 1 aliphatic carbocycles. The fraction of sp³-hybridized carbons (Fsp3) is 0.600. The molecule has 14 heavy (non-hydrogen) atoms. The van der Waals surface area contributed by atoms with Gasteiger partial charge in [-0.1, -0.05) is 0 Å². The molecule has 1 unspecified atom stereocenters. The molecule has 0 fully saturated rings. The molecule has 0 aromatic rings. The molecule has 2 N–H and O–H groups in total. The van der Waals surface area contributed by atoms with Crippen LogP contribution in [0.2, 0.25) is 0 Å². The second-order valence-corrected chi connectivity index (χ2v) is 4.08. The highest BCUT2D eigenvalue weighted by Crippen LogP contribution is 2.19. The minimum absolute atomic E-state index is 0.0630. The summed E-state index contributed by atoms with van der Waals surface area (Å²) < 4.78 is 10.4. The molecule has 0 aromatic heterocycles. The normalized spacial score (nSPS) is 21.9. The Morgan fingerprint density at radius 3 is 2.43 bits per heavy atom. The lowest BCUT2D eigenvalue weighted by Crippen LogP contribution is -2.22. The van der Waals surface area contributed by atoms with Gasteiger partial charge in [0, 0.05) is 0 Å². The average Bonchev–Trinajstić information content (AvgIpc) is 2.33. The summed E-state index contributed by atoms with van der Waals surface area (Å²) in [6.45, 7) is 5.79. The van der Waals surface area contributed by atoms with Crippen molar-refractivity contribution in [2.75, 3.05) is 6.79 Å². The monoisotopic (exact) mass is 200 g/mol. The van der Waals surface area contributed by atoms with Gasteiger partial charge >= 0.3 is 0 Å². The predicted molar refractivity (Wildman–Crippen MR) is 51.6 cm³/mol. The number of ether oxygens (including phenoxy) is 2. The number of rotatable bonds is 3. The first-order chi connectivity index (χ1) is 6.40. The zero-order valence-electron chi connectivity index (χ0n) is 8.65. The van der Waals surface area contributed by atoms with Crippen LogP contribution in [0.4, 0.5) is 0 Å². The molecule has 0 aromatic carbocycles. The summed E-state index contributed by atoms with van der Waals surface area (Å²) in [6.07, 6.45) is 1.88. The Bertz CT molecular complexity index is 260. The van der Waals surface area contributed by atoms with E-state index in [9.17, 15) is 5.11 Å². The summed E-state index contributed by atoms with van der Waals surface area (Å²) in [5, 5.41) is 18.4. The van der Waals surface area contributed by atoms with Gasteiger partial charge in [-0.15, -0.1) is 0 Å². The van der Waals surface area contributed by atoms with Gasteiger partial charge in [0.1, 0.15) is 11.5 Å². The zero-order valence-corrected chi connectivity index (χ0v) is 8.65. The van der Waals surface area contributed by atoms with Gasteiger partial charge in [0.15, 0.2) is 12.9 Å². The maximum Gasteiger partial charge on any atom is 0.189 e. The van der Waals surface area contributed by atoms with Crippen molar-refractivity contribution >= 4 is 0 Å². The zero-order chi connectivity index (χ0) is 10.8. The van der Waals surface area contributed by atoms with E-state index in [1.165, 1.54) is 12.2 Å². The van der Waals surface area contributed by atoms with Crippen molar-refractivity contribution in [3.63, 3.8) is 0 Å². The maximum absolute atomic E-state index is 9.32. The van der Waals surface area contributed by atoms with Crippen molar-refractivity contribution in [3.8, 4) is 0 Å². The Kier molecular flexibility index (Phi) is 3.18. The summed E-state index contributed by atoms with van der Waals surface area (Å²) in [6, 6.07) is 0. The Labute approximate surface area is 83.5 Å². The first kappa shape index (κ1) is 11.1. The fourth-order valence-corrected chi connectivity index (χ4v) is 0.897. The second kappa shape index (κ2) is 4.02. The number of allylic oxidation sites excluding steroid dienone is 2. The minimum Gasteiger partial charge on any atom is -0.509 e. The predicted octanol–water partition coefficient (Wildman–Crippen LogP) is 1.48. The third kappa shape index (κ3) is 3.05. The quantitative estimate of drug-likeness (QED) is 0.677. The molecule has 0 saturated heterocycles. The lowest BCUT2D eigenvalue weighted by Gasteiger charge is -2.20. The van der Waals surface area contributed by atoms with Crippen LogP contribution in [0.25, 0.3) is 0 Å². The van der Waals surface area contributed by atoms with Gasteiger partial charge in [-0.3, -0.25) is 0 Å². The van der Waals surface area contributed by atoms with E-state index in [1.54, 1.807) is 0 Å². The molecule has 80 valence electrons. The van der Waals surface area contributed by atoms with Gasteiger partial charge in [0.2, 0.25) is 0 Å². The molecule has 0 amide bonds. The van der Waals surface area contributed by atoms with Gasteiger partial charge in [-0.05, 0) is 32.9 Å². The van der Waals surface area contributed by atoms with E-state index in [0.29, 0.717) is 5.76 Å². The number of hydrogen-bond acceptors (Lipinski definition) is 4. The van der Waals surface area contributed by atoms with Gasteiger partial charge in [-0.2, -0.15) is 0 Å². The number of aliphatic hydroxyl groups excluding tert-OH is 2. The number of aliphatic hydroxyl groups is 2. The van der Waals surface area contributed by atoms with Crippen molar-refractivity contribution in [1.82, 2.24) is 0 Å². The lowest BCUT2D eigenvalue weighted by molar-refractivity contribution is -0.108. The smallest absolute Gasteiger partial charge is 0.189 e. The first-order valence-corrected chi connectivity index (χ1v) is 4.46. The Hall–Kier alpha value is -1.00. The van der Waals surface area contributed by atoms with Crippen LogP contribution >= 0.6 is 0 Å². The lowest BCUT2D eigenvalue weighted by atomic mass is 10.2. The van der Waals surface area contributed by atoms with Gasteiger partial charge in [0.25, 0.3) is 0 Å². The summed E-state index contributed by atoms with van der Waals surface area (Å²) >= 11 is 0. The summed E-state index contributed by atoms with van der Waals surface area (Å²) in [7, 11) is 0. The molecule has 0 aliphatic heterocycles. The highest BCUT2D eigenvalue weighted by atomic mass is 16.7. The molecule has 4 nitrogen and oxygen atoms in total. The van der Waals surface area contributed by atoms with Crippen LogP contribution in [0, 0.1) is 0 Å². The van der Waals surface area contributed by atoms with Crippen LogP contribution < -0.4 is 0 Å². The Balaban J connectivity index is 2.28. The third-order valence-corrected chi connectivity index (χ3v) is 1.69. The molecule has 0 bridgehead atoms. The van der Waals surface area contributed by atoms with E-state index in [0.717, 1.165) is 0 Å². The molecule has 4 heteroatoms. The van der Waals surface area contributed by atoms with E-state index in [4.69, 9.17) is 14.6 Å². The van der Waals surface area contributed by atoms with Crippen molar-refractivity contribution in [3.05, 3.63) is 23.7 Å². The van der Waals surface area contributed by atoms with Gasteiger partial charge in [-0.25, -0.2) is 0 Å². The SMILES string of the molecule is CC(C)(C)OCOC1=CC=C(O)C1O. The third-order valence-electron chi connectivity index (χ3n) is 1.69. The van der Waals surface area contributed by atoms with E-state index in [2.05, 4.69) is 0 Å². The largest absolute Gasteiger partial charge is 0.509 e. The van der Waals surface area contributed by atoms with Crippen LogP contribution in [0.5, 0.6) is 0 Å². The first-order valence-electron chi connectivity index (χ1n) is 4.46. The van der Waals surface area contributed by atoms with Crippen LogP contribution in [0.1, 0.15) is 20.8 Å². The summed E-state index contributed by atoms with van der Waals surface area (Å²) in [5.74, 6) is 0.211. The highest BCUT2D eigenvalue weighted by molar-refractivity contribution is 5.28. The number of hydrogen-bond donors (Lipinski definition) is 2. The van der Waals surface area contributed by atoms with Gasteiger partial charge < -0.3 is 19.7 Å². The topological polar surface area (TPSA) is 58.9 Å². The molecule has 0 heterocycles. The molecule has 1 atom stereocenters. The molecular formula is C10H16O4. The van der Waals surface area contributed by atoms with Crippen LogP contribution in [-0.2, 0) is 9.47 Å². The summed E-state index contributed by atoms with van der Waals surface area (Å²) in [5.41, 5.74) is -0.278.